The van der Waals surface area contributed by atoms with Gasteiger partial charge in [-0.2, -0.15) is 0 Å². The molecule has 7 heteroatoms. The molecular formula is C15H16BNO4S. The first kappa shape index (κ1) is 14.9. The minimum atomic E-state index is -0.759. The summed E-state index contributed by atoms with van der Waals surface area (Å²) in [6, 6.07) is 5.76. The van der Waals surface area contributed by atoms with Gasteiger partial charge in [-0.15, -0.1) is 11.3 Å². The molecule has 0 spiro atoms. The maximum atomic E-state index is 9.41. The molecule has 1 aliphatic rings. The quantitative estimate of drug-likeness (QED) is 0.859. The van der Waals surface area contributed by atoms with Crippen LogP contribution in [0, 0.1) is 0 Å². The molecule has 0 atom stereocenters. The third-order valence-corrected chi connectivity index (χ3v) is 4.20. The highest BCUT2D eigenvalue weighted by Crippen LogP contribution is 2.35. The smallest absolute Gasteiger partial charge is 0.527 e. The van der Waals surface area contributed by atoms with E-state index < -0.39 is 7.12 Å². The second kappa shape index (κ2) is 6.42. The Bertz CT molecular complexity index is 701. The summed E-state index contributed by atoms with van der Waals surface area (Å²) in [6.45, 7) is 2.51. The fraction of sp³-hybridized carbons (Fsp3) is 0.267. The van der Waals surface area contributed by atoms with Crippen molar-refractivity contribution in [3.05, 3.63) is 35.5 Å². The zero-order valence-electron chi connectivity index (χ0n) is 12.4. The van der Waals surface area contributed by atoms with Gasteiger partial charge in [0, 0.05) is 22.8 Å². The Morgan fingerprint density at radius 1 is 1.41 bits per heavy atom. The molecule has 1 aromatic carbocycles. The van der Waals surface area contributed by atoms with E-state index in [0.29, 0.717) is 24.4 Å². The Balaban J connectivity index is 1.88. The number of hydrogen-bond donors (Lipinski definition) is 1. The molecule has 0 saturated heterocycles. The van der Waals surface area contributed by atoms with Crippen molar-refractivity contribution in [2.75, 3.05) is 13.7 Å². The van der Waals surface area contributed by atoms with Crippen LogP contribution in [0.3, 0.4) is 0 Å². The number of allylic oxidation sites excluding steroid dienone is 1. The van der Waals surface area contributed by atoms with Crippen molar-refractivity contribution in [3.63, 3.8) is 0 Å². The first-order valence-electron chi connectivity index (χ1n) is 7.01. The van der Waals surface area contributed by atoms with E-state index in [2.05, 4.69) is 4.98 Å². The minimum absolute atomic E-state index is 0.468. The Morgan fingerprint density at radius 3 is 2.95 bits per heavy atom. The Hall–Kier alpha value is -1.99. The van der Waals surface area contributed by atoms with E-state index in [1.807, 2.05) is 30.5 Å². The molecule has 0 fully saturated rings. The topological polar surface area (TPSA) is 60.8 Å². The van der Waals surface area contributed by atoms with Gasteiger partial charge in [-0.3, -0.25) is 0 Å². The lowest BCUT2D eigenvalue weighted by molar-refractivity contribution is 0.311. The summed E-state index contributed by atoms with van der Waals surface area (Å²) in [7, 11) is 0.863. The van der Waals surface area contributed by atoms with Gasteiger partial charge in [0.1, 0.15) is 5.01 Å². The van der Waals surface area contributed by atoms with E-state index in [4.69, 9.17) is 14.1 Å². The van der Waals surface area contributed by atoms with Crippen LogP contribution < -0.4 is 9.47 Å². The number of methoxy groups -OCH3 is 1. The zero-order chi connectivity index (χ0) is 15.5. The Labute approximate surface area is 133 Å². The van der Waals surface area contributed by atoms with Crippen molar-refractivity contribution in [2.24, 2.45) is 0 Å². The molecule has 5 nitrogen and oxygen atoms in total. The molecule has 2 aromatic rings. The lowest BCUT2D eigenvalue weighted by Gasteiger charge is -2.10. The van der Waals surface area contributed by atoms with E-state index in [0.717, 1.165) is 21.8 Å². The molecule has 2 heterocycles. The standard InChI is InChI=1S/C15H16BNO4S/c1-3-20-14-6-10(4-5-13(14)19-2)15-17-12(9-22-15)11-7-16(18)21-8-11/h4-6,8-9,18H,3,7H2,1-2H3. The zero-order valence-corrected chi connectivity index (χ0v) is 13.2. The minimum Gasteiger partial charge on any atom is -0.541 e. The molecule has 0 amide bonds. The van der Waals surface area contributed by atoms with Gasteiger partial charge in [0.2, 0.25) is 0 Å². The third kappa shape index (κ3) is 2.95. The predicted molar refractivity (Wildman–Crippen MR) is 87.1 cm³/mol. The molecule has 1 N–H and O–H groups in total. The summed E-state index contributed by atoms with van der Waals surface area (Å²) in [5, 5.41) is 12.3. The Morgan fingerprint density at radius 2 is 2.27 bits per heavy atom. The first-order chi connectivity index (χ1) is 10.7. The van der Waals surface area contributed by atoms with Crippen LogP contribution >= 0.6 is 11.3 Å². The normalized spacial score (nSPS) is 13.8. The largest absolute Gasteiger partial charge is 0.541 e. The molecule has 0 aliphatic carbocycles. The molecule has 1 aromatic heterocycles. The van der Waals surface area contributed by atoms with Gasteiger partial charge in [0.05, 0.1) is 25.7 Å². The van der Waals surface area contributed by atoms with Gasteiger partial charge in [-0.1, -0.05) is 0 Å². The molecule has 1 aliphatic heterocycles. The van der Waals surface area contributed by atoms with Gasteiger partial charge in [0.15, 0.2) is 11.5 Å². The van der Waals surface area contributed by atoms with Crippen molar-refractivity contribution < 1.29 is 19.2 Å². The molecule has 0 radical (unpaired) electrons. The lowest BCUT2D eigenvalue weighted by atomic mass is 9.83. The average molecular weight is 317 g/mol. The SMILES string of the molecule is CCOc1cc(-c2nc(C3=COB(O)C3)cs2)ccc1OC. The summed E-state index contributed by atoms with van der Waals surface area (Å²) >= 11 is 1.55. The van der Waals surface area contributed by atoms with Crippen LogP contribution in [-0.4, -0.2) is 30.8 Å². The summed E-state index contributed by atoms with van der Waals surface area (Å²) in [4.78, 5) is 4.62. The van der Waals surface area contributed by atoms with Crippen molar-refractivity contribution in [3.8, 4) is 22.1 Å². The fourth-order valence-electron chi connectivity index (χ4n) is 2.24. The van der Waals surface area contributed by atoms with E-state index >= 15 is 0 Å². The van der Waals surface area contributed by atoms with Crippen LogP contribution in [-0.2, 0) is 4.65 Å². The highest BCUT2D eigenvalue weighted by Gasteiger charge is 2.25. The van der Waals surface area contributed by atoms with Crippen molar-refractivity contribution in [2.45, 2.75) is 13.2 Å². The van der Waals surface area contributed by atoms with Gasteiger partial charge in [0.25, 0.3) is 0 Å². The average Bonchev–Trinajstić information content (AvgIpc) is 3.16. The summed E-state index contributed by atoms with van der Waals surface area (Å²) in [5.41, 5.74) is 2.72. The van der Waals surface area contributed by atoms with E-state index in [1.54, 1.807) is 24.7 Å². The van der Waals surface area contributed by atoms with Crippen LogP contribution in [0.25, 0.3) is 16.1 Å². The van der Waals surface area contributed by atoms with E-state index in [9.17, 15) is 5.02 Å². The molecule has 22 heavy (non-hydrogen) atoms. The van der Waals surface area contributed by atoms with Gasteiger partial charge >= 0.3 is 7.12 Å². The maximum Gasteiger partial charge on any atom is 0.527 e. The second-order valence-electron chi connectivity index (χ2n) is 4.77. The van der Waals surface area contributed by atoms with Crippen LogP contribution in [0.15, 0.2) is 29.8 Å². The van der Waals surface area contributed by atoms with Crippen molar-refractivity contribution in [1.82, 2.24) is 4.98 Å². The number of hydrogen-bond acceptors (Lipinski definition) is 6. The number of aromatic nitrogens is 1. The van der Waals surface area contributed by atoms with Gasteiger partial charge in [-0.05, 0) is 25.1 Å². The number of rotatable bonds is 5. The van der Waals surface area contributed by atoms with Crippen LogP contribution in [0.5, 0.6) is 11.5 Å². The molecule has 0 bridgehead atoms. The highest BCUT2D eigenvalue weighted by molar-refractivity contribution is 7.13. The second-order valence-corrected chi connectivity index (χ2v) is 5.63. The monoisotopic (exact) mass is 317 g/mol. The molecule has 0 saturated carbocycles. The van der Waals surface area contributed by atoms with Crippen LogP contribution in [0.2, 0.25) is 6.32 Å². The molecule has 114 valence electrons. The highest BCUT2D eigenvalue weighted by atomic mass is 32.1. The number of ether oxygens (including phenoxy) is 2. The fourth-order valence-corrected chi connectivity index (χ4v) is 3.08. The Kier molecular flexibility index (Phi) is 4.35. The molecule has 3 rings (SSSR count). The van der Waals surface area contributed by atoms with Gasteiger partial charge < -0.3 is 19.2 Å². The number of thiazole rings is 1. The predicted octanol–water partition coefficient (Wildman–Crippen LogP) is 3.07. The summed E-state index contributed by atoms with van der Waals surface area (Å²) in [5.74, 6) is 1.41. The van der Waals surface area contributed by atoms with Crippen LogP contribution in [0.4, 0.5) is 0 Å². The molecule has 0 unspecified atom stereocenters. The van der Waals surface area contributed by atoms with Crippen molar-refractivity contribution in [1.29, 1.82) is 0 Å². The van der Waals surface area contributed by atoms with Crippen LogP contribution in [0.1, 0.15) is 12.6 Å². The first-order valence-corrected chi connectivity index (χ1v) is 7.89. The molecular weight excluding hydrogens is 301 g/mol. The van der Waals surface area contributed by atoms with E-state index in [1.165, 1.54) is 0 Å². The number of benzene rings is 1. The lowest BCUT2D eigenvalue weighted by Crippen LogP contribution is -2.08. The summed E-state index contributed by atoms with van der Waals surface area (Å²) in [6.07, 6.45) is 2.04. The number of nitrogens with zero attached hydrogens (tertiary/aromatic N) is 1. The summed E-state index contributed by atoms with van der Waals surface area (Å²) < 4.78 is 15.9. The maximum absolute atomic E-state index is 9.41. The van der Waals surface area contributed by atoms with Gasteiger partial charge in [-0.25, -0.2) is 4.98 Å². The third-order valence-electron chi connectivity index (χ3n) is 3.31. The van der Waals surface area contributed by atoms with Crippen molar-refractivity contribution >= 4 is 24.0 Å². The van der Waals surface area contributed by atoms with E-state index in [-0.39, 0.29) is 0 Å².